The smallest absolute Gasteiger partial charge is 0.355 e. The van der Waals surface area contributed by atoms with Gasteiger partial charge in [0.15, 0.2) is 5.96 Å². The highest BCUT2D eigenvalue weighted by atomic mass is 127. The van der Waals surface area contributed by atoms with Crippen molar-refractivity contribution in [3.05, 3.63) is 0 Å². The zero-order chi connectivity index (χ0) is 18.7. The molecule has 158 valence electrons. The number of guanidine groups is 1. The van der Waals surface area contributed by atoms with Crippen LogP contribution in [0.4, 0.5) is 13.2 Å². The summed E-state index contributed by atoms with van der Waals surface area (Å²) in [5, 5.41) is 3.22. The molecule has 0 aromatic rings. The summed E-state index contributed by atoms with van der Waals surface area (Å²) in [6.45, 7) is 3.91. The molecule has 0 amide bonds. The van der Waals surface area contributed by atoms with Crippen molar-refractivity contribution in [1.29, 1.82) is 0 Å². The van der Waals surface area contributed by atoms with Gasteiger partial charge in [-0.2, -0.15) is 13.2 Å². The van der Waals surface area contributed by atoms with Crippen molar-refractivity contribution in [3.63, 3.8) is 0 Å². The van der Waals surface area contributed by atoms with Crippen LogP contribution in [0, 0.1) is 11.8 Å². The first-order chi connectivity index (χ1) is 12.4. The van der Waals surface area contributed by atoms with Crippen LogP contribution in [0.15, 0.2) is 4.99 Å². The van der Waals surface area contributed by atoms with Gasteiger partial charge in [-0.15, -0.1) is 24.0 Å². The molecule has 3 rings (SSSR count). The first-order valence-electron chi connectivity index (χ1n) is 9.80. The maximum absolute atomic E-state index is 12.4. The monoisotopic (exact) mass is 503 g/mol. The Bertz CT molecular complexity index is 494. The van der Waals surface area contributed by atoms with Crippen LogP contribution < -0.4 is 5.32 Å². The van der Waals surface area contributed by atoms with E-state index in [0.29, 0.717) is 13.1 Å². The van der Waals surface area contributed by atoms with Gasteiger partial charge in [0.2, 0.25) is 0 Å². The average molecular weight is 503 g/mol. The first kappa shape index (κ1) is 23.0. The molecule has 5 nitrogen and oxygen atoms in total. The predicted octanol–water partition coefficient (Wildman–Crippen LogP) is 2.48. The summed E-state index contributed by atoms with van der Waals surface area (Å²) in [5.41, 5.74) is 0. The Balaban J connectivity index is 0.00000261. The Morgan fingerprint density at radius 2 is 1.85 bits per heavy atom. The normalized spacial score (nSPS) is 29.3. The summed E-state index contributed by atoms with van der Waals surface area (Å²) in [5.74, 6) is 2.68. The van der Waals surface area contributed by atoms with E-state index in [4.69, 9.17) is 0 Å². The molecule has 1 heterocycles. The zero-order valence-electron chi connectivity index (χ0n) is 16.3. The summed E-state index contributed by atoms with van der Waals surface area (Å²) in [7, 11) is 3.23. The number of likely N-dealkylation sites (N-methyl/N-ethyl adjacent to an activating group) is 1. The summed E-state index contributed by atoms with van der Waals surface area (Å²) < 4.78 is 37.1. The molecule has 0 aromatic carbocycles. The second kappa shape index (κ2) is 9.96. The minimum atomic E-state index is -4.15. The number of halogens is 4. The van der Waals surface area contributed by atoms with Crippen LogP contribution in [0.1, 0.15) is 25.7 Å². The van der Waals surface area contributed by atoms with Crippen molar-refractivity contribution < 1.29 is 13.2 Å². The summed E-state index contributed by atoms with van der Waals surface area (Å²) in [4.78, 5) is 10.5. The number of hydrogen-bond donors (Lipinski definition) is 1. The predicted molar refractivity (Wildman–Crippen MR) is 113 cm³/mol. The Kier molecular flexibility index (Phi) is 8.48. The standard InChI is InChI=1S/C18H32F3N5.HI/c1-22-17(23-5-6-24(2)13-18(19,20)21)26-9-7-25(8-10-26)16-12-14-3-4-15(16)11-14;/h14-16H,3-13H2,1-2H3,(H,22,23);1H. The van der Waals surface area contributed by atoms with E-state index in [2.05, 4.69) is 20.1 Å². The number of hydrogen-bond acceptors (Lipinski definition) is 3. The molecule has 1 aliphatic heterocycles. The van der Waals surface area contributed by atoms with Crippen LogP contribution in [0.5, 0.6) is 0 Å². The highest BCUT2D eigenvalue weighted by Gasteiger charge is 2.42. The van der Waals surface area contributed by atoms with E-state index >= 15 is 0 Å². The third kappa shape index (κ3) is 6.35. The van der Waals surface area contributed by atoms with Crippen molar-refractivity contribution >= 4 is 29.9 Å². The number of rotatable bonds is 5. The Hall–Kier alpha value is -0.290. The molecular weight excluding hydrogens is 470 g/mol. The highest BCUT2D eigenvalue weighted by Crippen LogP contribution is 2.46. The van der Waals surface area contributed by atoms with Gasteiger partial charge in [-0.25, -0.2) is 0 Å². The Labute approximate surface area is 177 Å². The van der Waals surface area contributed by atoms with Crippen LogP contribution in [0.25, 0.3) is 0 Å². The van der Waals surface area contributed by atoms with Gasteiger partial charge in [0, 0.05) is 52.4 Å². The number of nitrogens with zero attached hydrogens (tertiary/aromatic N) is 4. The second-order valence-electron chi connectivity index (χ2n) is 8.09. The molecule has 3 aliphatic rings. The van der Waals surface area contributed by atoms with Gasteiger partial charge in [0.05, 0.1) is 6.54 Å². The van der Waals surface area contributed by atoms with Gasteiger partial charge in [-0.3, -0.25) is 14.8 Å². The molecule has 3 fully saturated rings. The molecule has 27 heavy (non-hydrogen) atoms. The fraction of sp³-hybridized carbons (Fsp3) is 0.944. The largest absolute Gasteiger partial charge is 0.401 e. The first-order valence-corrected chi connectivity index (χ1v) is 9.80. The molecule has 0 radical (unpaired) electrons. The quantitative estimate of drug-likeness (QED) is 0.355. The van der Waals surface area contributed by atoms with Gasteiger partial charge in [-0.1, -0.05) is 6.42 Å². The zero-order valence-corrected chi connectivity index (χ0v) is 18.7. The van der Waals surface area contributed by atoms with Crippen molar-refractivity contribution in [3.8, 4) is 0 Å². The highest BCUT2D eigenvalue weighted by molar-refractivity contribution is 14.0. The van der Waals surface area contributed by atoms with Gasteiger partial charge in [0.25, 0.3) is 0 Å². The number of aliphatic imine (C=N–C) groups is 1. The van der Waals surface area contributed by atoms with Crippen LogP contribution in [-0.2, 0) is 0 Å². The van der Waals surface area contributed by atoms with E-state index in [0.717, 1.165) is 50.0 Å². The lowest BCUT2D eigenvalue weighted by Gasteiger charge is -2.42. The SMILES string of the molecule is CN=C(NCCN(C)CC(F)(F)F)N1CCN(C2CC3CCC2C3)CC1.I. The summed E-state index contributed by atoms with van der Waals surface area (Å²) in [6.07, 6.45) is 1.50. The van der Waals surface area contributed by atoms with Crippen LogP contribution in [0.2, 0.25) is 0 Å². The van der Waals surface area contributed by atoms with Gasteiger partial charge in [0.1, 0.15) is 0 Å². The lowest BCUT2D eigenvalue weighted by Crippen LogP contribution is -2.56. The van der Waals surface area contributed by atoms with Crippen molar-refractivity contribution in [2.75, 3.05) is 59.9 Å². The lowest BCUT2D eigenvalue weighted by molar-refractivity contribution is -0.142. The fourth-order valence-corrected chi connectivity index (χ4v) is 5.00. The van der Waals surface area contributed by atoms with E-state index in [-0.39, 0.29) is 24.0 Å². The van der Waals surface area contributed by atoms with Crippen LogP contribution in [-0.4, -0.2) is 92.8 Å². The van der Waals surface area contributed by atoms with Crippen LogP contribution >= 0.6 is 24.0 Å². The van der Waals surface area contributed by atoms with E-state index in [9.17, 15) is 13.2 Å². The third-order valence-electron chi connectivity index (χ3n) is 6.22. The number of nitrogens with one attached hydrogen (secondary N) is 1. The Morgan fingerprint density at radius 3 is 2.37 bits per heavy atom. The molecule has 3 atom stereocenters. The topological polar surface area (TPSA) is 34.1 Å². The van der Waals surface area contributed by atoms with Crippen molar-refractivity contribution in [2.24, 2.45) is 16.8 Å². The molecule has 2 bridgehead atoms. The van der Waals surface area contributed by atoms with Gasteiger partial charge < -0.3 is 10.2 Å². The second-order valence-corrected chi connectivity index (χ2v) is 8.09. The minimum absolute atomic E-state index is 0. The molecule has 1 N–H and O–H groups in total. The van der Waals surface area contributed by atoms with E-state index < -0.39 is 12.7 Å². The molecule has 2 aliphatic carbocycles. The molecule has 1 saturated heterocycles. The third-order valence-corrected chi connectivity index (χ3v) is 6.22. The van der Waals surface area contributed by atoms with E-state index in [1.54, 1.807) is 7.05 Å². The minimum Gasteiger partial charge on any atom is -0.355 e. The molecule has 0 spiro atoms. The van der Waals surface area contributed by atoms with Crippen LogP contribution in [0.3, 0.4) is 0 Å². The molecule has 3 unspecified atom stereocenters. The number of alkyl halides is 3. The summed E-state index contributed by atoms with van der Waals surface area (Å²) in [6, 6.07) is 0.780. The maximum atomic E-state index is 12.4. The molecule has 2 saturated carbocycles. The van der Waals surface area contributed by atoms with Gasteiger partial charge >= 0.3 is 6.18 Å². The van der Waals surface area contributed by atoms with E-state index in [1.807, 2.05) is 0 Å². The van der Waals surface area contributed by atoms with E-state index in [1.165, 1.54) is 37.6 Å². The maximum Gasteiger partial charge on any atom is 0.401 e. The molecule has 0 aromatic heterocycles. The summed E-state index contributed by atoms with van der Waals surface area (Å²) >= 11 is 0. The molecular formula is C18H33F3IN5. The number of piperazine rings is 1. The fourth-order valence-electron chi connectivity index (χ4n) is 5.00. The molecule has 9 heteroatoms. The van der Waals surface area contributed by atoms with Gasteiger partial charge in [-0.05, 0) is 38.1 Å². The average Bonchev–Trinajstić information content (AvgIpc) is 3.21. The van der Waals surface area contributed by atoms with Crippen molar-refractivity contribution in [1.82, 2.24) is 20.0 Å². The number of fused-ring (bicyclic) bond motifs is 2. The lowest BCUT2D eigenvalue weighted by atomic mass is 9.93. The van der Waals surface area contributed by atoms with Crippen molar-refractivity contribution in [2.45, 2.75) is 37.9 Å². The Morgan fingerprint density at radius 1 is 1.15 bits per heavy atom.